The van der Waals surface area contributed by atoms with Gasteiger partial charge in [-0.2, -0.15) is 13.2 Å². The zero-order valence-corrected chi connectivity index (χ0v) is 10.5. The third kappa shape index (κ3) is 4.11. The fourth-order valence-corrected chi connectivity index (χ4v) is 1.32. The highest BCUT2D eigenvalue weighted by Crippen LogP contribution is 2.19. The number of hydrogen-bond donors (Lipinski definition) is 1. The summed E-state index contributed by atoms with van der Waals surface area (Å²) in [4.78, 5) is 22.1. The van der Waals surface area contributed by atoms with Crippen LogP contribution >= 0.6 is 0 Å². The van der Waals surface area contributed by atoms with E-state index in [0.29, 0.717) is 6.08 Å². The Bertz CT molecular complexity index is 533. The molecule has 0 saturated heterocycles. The lowest BCUT2D eigenvalue weighted by molar-refractivity contribution is -0.165. The van der Waals surface area contributed by atoms with E-state index in [1.807, 2.05) is 0 Å². The molecule has 0 aliphatic carbocycles. The van der Waals surface area contributed by atoms with Crippen molar-refractivity contribution in [2.24, 2.45) is 5.73 Å². The van der Waals surface area contributed by atoms with E-state index in [-0.39, 0.29) is 23.4 Å². The number of rotatable bonds is 4. The van der Waals surface area contributed by atoms with E-state index in [9.17, 15) is 22.8 Å². The van der Waals surface area contributed by atoms with Crippen molar-refractivity contribution in [2.75, 3.05) is 6.61 Å². The standard InChI is InChI=1S/C13H12F3NO3/c1-2-20-12(19)9-5-3-8(4-6-9)10(17)7-11(18)13(14,15)16/h3-7H,2,17H2,1H3. The minimum absolute atomic E-state index is 0.204. The van der Waals surface area contributed by atoms with Crippen molar-refractivity contribution < 1.29 is 27.5 Å². The van der Waals surface area contributed by atoms with Crippen molar-refractivity contribution in [1.29, 1.82) is 0 Å². The van der Waals surface area contributed by atoms with E-state index in [1.54, 1.807) is 6.92 Å². The normalized spacial score (nSPS) is 12.1. The number of carbonyl (C=O) groups excluding carboxylic acids is 2. The first-order valence-corrected chi connectivity index (χ1v) is 5.61. The van der Waals surface area contributed by atoms with Gasteiger partial charge in [0.15, 0.2) is 0 Å². The summed E-state index contributed by atoms with van der Waals surface area (Å²) in [6.45, 7) is 1.86. The molecule has 0 heterocycles. The lowest BCUT2D eigenvalue weighted by Gasteiger charge is -2.05. The lowest BCUT2D eigenvalue weighted by Crippen LogP contribution is -2.21. The maximum Gasteiger partial charge on any atom is 0.454 e. The molecule has 0 bridgehead atoms. The van der Waals surface area contributed by atoms with Crippen LogP contribution in [-0.2, 0) is 9.53 Å². The molecule has 0 saturated carbocycles. The molecule has 0 unspecified atom stereocenters. The van der Waals surface area contributed by atoms with Crippen molar-refractivity contribution in [3.8, 4) is 0 Å². The second kappa shape index (κ2) is 6.23. The van der Waals surface area contributed by atoms with E-state index >= 15 is 0 Å². The van der Waals surface area contributed by atoms with Gasteiger partial charge in [-0.15, -0.1) is 0 Å². The Morgan fingerprint density at radius 2 is 1.70 bits per heavy atom. The van der Waals surface area contributed by atoms with Gasteiger partial charge in [-0.05, 0) is 24.6 Å². The summed E-state index contributed by atoms with van der Waals surface area (Å²) in [5.74, 6) is -2.59. The first-order chi connectivity index (χ1) is 9.25. The first-order valence-electron chi connectivity index (χ1n) is 5.61. The third-order valence-corrected chi connectivity index (χ3v) is 2.30. The summed E-state index contributed by atoms with van der Waals surface area (Å²) in [5, 5.41) is 0. The Balaban J connectivity index is 2.91. The number of esters is 1. The number of alkyl halides is 3. The molecule has 108 valence electrons. The van der Waals surface area contributed by atoms with Crippen molar-refractivity contribution >= 4 is 17.4 Å². The zero-order chi connectivity index (χ0) is 15.3. The summed E-state index contributed by atoms with van der Waals surface area (Å²) < 4.78 is 41.0. The number of hydrogen-bond acceptors (Lipinski definition) is 4. The van der Waals surface area contributed by atoms with Gasteiger partial charge in [0.1, 0.15) is 0 Å². The second-order valence-corrected chi connectivity index (χ2v) is 3.76. The highest BCUT2D eigenvalue weighted by Gasteiger charge is 2.36. The van der Waals surface area contributed by atoms with Crippen LogP contribution in [0.3, 0.4) is 0 Å². The number of ketones is 1. The van der Waals surface area contributed by atoms with E-state index in [2.05, 4.69) is 0 Å². The minimum Gasteiger partial charge on any atom is -0.462 e. The summed E-state index contributed by atoms with van der Waals surface area (Å²) in [6.07, 6.45) is -4.66. The molecule has 20 heavy (non-hydrogen) atoms. The summed E-state index contributed by atoms with van der Waals surface area (Å²) >= 11 is 0. The molecule has 0 aromatic heterocycles. The lowest BCUT2D eigenvalue weighted by atomic mass is 10.1. The van der Waals surface area contributed by atoms with E-state index in [1.165, 1.54) is 24.3 Å². The van der Waals surface area contributed by atoms with Gasteiger partial charge < -0.3 is 10.5 Å². The number of allylic oxidation sites excluding steroid dienone is 1. The van der Waals surface area contributed by atoms with Gasteiger partial charge in [-0.25, -0.2) is 4.79 Å². The molecule has 1 aromatic carbocycles. The van der Waals surface area contributed by atoms with Crippen LogP contribution in [0, 0.1) is 0 Å². The van der Waals surface area contributed by atoms with Crippen molar-refractivity contribution in [1.82, 2.24) is 0 Å². The smallest absolute Gasteiger partial charge is 0.454 e. The van der Waals surface area contributed by atoms with E-state index in [4.69, 9.17) is 10.5 Å². The molecular weight excluding hydrogens is 275 g/mol. The Labute approximate surface area is 113 Å². The number of carbonyl (C=O) groups is 2. The van der Waals surface area contributed by atoms with Crippen LogP contribution in [0.2, 0.25) is 0 Å². The molecule has 0 aliphatic rings. The van der Waals surface area contributed by atoms with Gasteiger partial charge in [0.2, 0.25) is 0 Å². The van der Waals surface area contributed by atoms with E-state index < -0.39 is 17.9 Å². The fraction of sp³-hybridized carbons (Fsp3) is 0.231. The molecule has 0 spiro atoms. The number of benzene rings is 1. The molecule has 0 atom stereocenters. The number of halogens is 3. The highest BCUT2D eigenvalue weighted by atomic mass is 19.4. The Hall–Kier alpha value is -2.31. The van der Waals surface area contributed by atoms with Gasteiger partial charge in [-0.1, -0.05) is 12.1 Å². The van der Waals surface area contributed by atoms with Crippen molar-refractivity contribution in [2.45, 2.75) is 13.1 Å². The molecule has 0 amide bonds. The SMILES string of the molecule is CCOC(=O)c1ccc(C(N)=CC(=O)C(F)(F)F)cc1. The van der Waals surface area contributed by atoms with Gasteiger partial charge in [0, 0.05) is 11.8 Å². The van der Waals surface area contributed by atoms with Crippen LogP contribution in [0.5, 0.6) is 0 Å². The van der Waals surface area contributed by atoms with Gasteiger partial charge in [0.25, 0.3) is 5.78 Å². The van der Waals surface area contributed by atoms with Crippen molar-refractivity contribution in [3.05, 3.63) is 41.5 Å². The van der Waals surface area contributed by atoms with Crippen LogP contribution in [0.4, 0.5) is 13.2 Å². The molecular formula is C13H12F3NO3. The average Bonchev–Trinajstić information content (AvgIpc) is 2.38. The van der Waals surface area contributed by atoms with Crippen LogP contribution in [0.15, 0.2) is 30.3 Å². The predicted octanol–water partition coefficient (Wildman–Crippen LogP) is 2.29. The monoisotopic (exact) mass is 287 g/mol. The van der Waals surface area contributed by atoms with Crippen molar-refractivity contribution in [3.63, 3.8) is 0 Å². The fourth-order valence-electron chi connectivity index (χ4n) is 1.32. The molecule has 1 aromatic rings. The van der Waals surface area contributed by atoms with E-state index in [0.717, 1.165) is 0 Å². The van der Waals surface area contributed by atoms with Gasteiger partial charge >= 0.3 is 12.1 Å². The number of nitrogens with two attached hydrogens (primary N) is 1. The maximum absolute atomic E-state index is 12.1. The van der Waals surface area contributed by atoms with Gasteiger partial charge in [0.05, 0.1) is 12.2 Å². The number of ether oxygens (including phenoxy) is 1. The van der Waals surface area contributed by atoms with Gasteiger partial charge in [-0.3, -0.25) is 4.79 Å². The summed E-state index contributed by atoms with van der Waals surface area (Å²) in [7, 11) is 0. The minimum atomic E-state index is -4.96. The zero-order valence-electron chi connectivity index (χ0n) is 10.5. The largest absolute Gasteiger partial charge is 0.462 e. The predicted molar refractivity (Wildman–Crippen MR) is 65.6 cm³/mol. The average molecular weight is 287 g/mol. The Morgan fingerprint density at radius 3 is 2.15 bits per heavy atom. The summed E-state index contributed by atoms with van der Waals surface area (Å²) in [5.41, 5.74) is 5.52. The molecule has 2 N–H and O–H groups in total. The Kier molecular flexibility index (Phi) is 4.90. The maximum atomic E-state index is 12.1. The molecule has 4 nitrogen and oxygen atoms in total. The molecule has 1 rings (SSSR count). The molecule has 0 aliphatic heterocycles. The molecule has 7 heteroatoms. The quantitative estimate of drug-likeness (QED) is 0.681. The van der Waals surface area contributed by atoms with Crippen LogP contribution in [-0.4, -0.2) is 24.5 Å². The first kappa shape index (κ1) is 15.7. The third-order valence-electron chi connectivity index (χ3n) is 2.30. The highest BCUT2D eigenvalue weighted by molar-refractivity contribution is 6.00. The Morgan fingerprint density at radius 1 is 1.20 bits per heavy atom. The van der Waals surface area contributed by atoms with Crippen LogP contribution in [0.1, 0.15) is 22.8 Å². The summed E-state index contributed by atoms with van der Waals surface area (Å²) in [6, 6.07) is 5.38. The second-order valence-electron chi connectivity index (χ2n) is 3.76. The topological polar surface area (TPSA) is 69.4 Å². The molecule has 0 fully saturated rings. The van der Waals surface area contributed by atoms with Crippen LogP contribution < -0.4 is 5.73 Å². The molecule has 0 radical (unpaired) electrons. The van der Waals surface area contributed by atoms with Crippen LogP contribution in [0.25, 0.3) is 5.70 Å².